The number of amides is 1. The Morgan fingerprint density at radius 3 is 2.33 bits per heavy atom. The van der Waals surface area contributed by atoms with Gasteiger partial charge in [0, 0.05) is 12.3 Å². The van der Waals surface area contributed by atoms with Gasteiger partial charge in [0.1, 0.15) is 12.4 Å². The molecule has 5 nitrogen and oxygen atoms in total. The van der Waals surface area contributed by atoms with Crippen LogP contribution in [0.1, 0.15) is 52.0 Å². The first-order chi connectivity index (χ1) is 12.8. The number of hydrogen-bond donors (Lipinski definition) is 0. The lowest BCUT2D eigenvalue weighted by Gasteiger charge is -2.47. The van der Waals surface area contributed by atoms with E-state index in [-0.39, 0.29) is 36.1 Å². The molecule has 2 unspecified atom stereocenters. The van der Waals surface area contributed by atoms with Crippen LogP contribution in [0.2, 0.25) is 0 Å². The van der Waals surface area contributed by atoms with E-state index in [1.54, 1.807) is 0 Å². The van der Waals surface area contributed by atoms with Crippen molar-refractivity contribution in [1.29, 1.82) is 0 Å². The lowest BCUT2D eigenvalue weighted by atomic mass is 9.79. The van der Waals surface area contributed by atoms with Crippen molar-refractivity contribution in [2.45, 2.75) is 65.1 Å². The standard InChI is InChI=1S/C22H31NO4/c1-22(2,3)10-9-20(24)17-11-18-14-26-15-19(12-17)23(18)21(25)27-13-16-7-5-4-6-8-16/h4-8,17-19H,9-15H2,1-3H3. The first-order valence-corrected chi connectivity index (χ1v) is 9.93. The quantitative estimate of drug-likeness (QED) is 0.776. The van der Waals surface area contributed by atoms with Crippen LogP contribution >= 0.6 is 0 Å². The Hall–Kier alpha value is -1.88. The maximum absolute atomic E-state index is 12.7. The summed E-state index contributed by atoms with van der Waals surface area (Å²) in [6.07, 6.45) is 2.58. The summed E-state index contributed by atoms with van der Waals surface area (Å²) in [4.78, 5) is 27.2. The van der Waals surface area contributed by atoms with Crippen LogP contribution in [0.3, 0.4) is 0 Å². The first kappa shape index (κ1) is 19.9. The molecule has 0 saturated carbocycles. The van der Waals surface area contributed by atoms with Gasteiger partial charge in [0.2, 0.25) is 0 Å². The van der Waals surface area contributed by atoms with E-state index in [1.807, 2.05) is 35.2 Å². The van der Waals surface area contributed by atoms with Crippen molar-refractivity contribution in [3.63, 3.8) is 0 Å². The minimum Gasteiger partial charge on any atom is -0.445 e. The van der Waals surface area contributed by atoms with Gasteiger partial charge in [-0.25, -0.2) is 4.79 Å². The summed E-state index contributed by atoms with van der Waals surface area (Å²) in [5.41, 5.74) is 1.14. The van der Waals surface area contributed by atoms with Crippen molar-refractivity contribution in [2.75, 3.05) is 13.2 Å². The summed E-state index contributed by atoms with van der Waals surface area (Å²) in [6.45, 7) is 7.72. The zero-order valence-electron chi connectivity index (χ0n) is 16.6. The lowest BCUT2D eigenvalue weighted by molar-refractivity contribution is -0.131. The first-order valence-electron chi connectivity index (χ1n) is 9.93. The Labute approximate surface area is 162 Å². The Morgan fingerprint density at radius 2 is 1.74 bits per heavy atom. The molecule has 2 heterocycles. The van der Waals surface area contributed by atoms with Gasteiger partial charge in [0.25, 0.3) is 0 Å². The molecule has 0 radical (unpaired) electrons. The molecule has 0 aromatic heterocycles. The second-order valence-electron chi connectivity index (χ2n) is 8.99. The van der Waals surface area contributed by atoms with Crippen LogP contribution in [0.25, 0.3) is 0 Å². The van der Waals surface area contributed by atoms with E-state index in [4.69, 9.17) is 9.47 Å². The van der Waals surface area contributed by atoms with Crippen LogP contribution in [0.15, 0.2) is 30.3 Å². The molecular formula is C22H31NO4. The summed E-state index contributed by atoms with van der Waals surface area (Å²) >= 11 is 0. The number of Topliss-reactive ketones (excluding diaryl/α,β-unsaturated/α-hetero) is 1. The van der Waals surface area contributed by atoms with Gasteiger partial charge in [-0.15, -0.1) is 0 Å². The second-order valence-corrected chi connectivity index (χ2v) is 8.99. The van der Waals surface area contributed by atoms with Crippen LogP contribution in [0.4, 0.5) is 4.79 Å². The molecule has 0 N–H and O–H groups in total. The number of ether oxygens (including phenoxy) is 2. The molecule has 2 fully saturated rings. The molecule has 2 aliphatic rings. The number of ketones is 1. The van der Waals surface area contributed by atoms with Gasteiger partial charge < -0.3 is 9.47 Å². The summed E-state index contributed by atoms with van der Waals surface area (Å²) in [5.74, 6) is 0.364. The highest BCUT2D eigenvalue weighted by molar-refractivity contribution is 5.81. The van der Waals surface area contributed by atoms with Crippen LogP contribution in [0.5, 0.6) is 0 Å². The van der Waals surface area contributed by atoms with Crippen LogP contribution in [-0.2, 0) is 20.9 Å². The maximum atomic E-state index is 12.7. The minimum absolute atomic E-state index is 0.0319. The zero-order chi connectivity index (χ0) is 19.4. The number of morpholine rings is 1. The van der Waals surface area contributed by atoms with Gasteiger partial charge in [0.05, 0.1) is 25.3 Å². The normalized spacial score (nSPS) is 25.1. The van der Waals surface area contributed by atoms with Crippen LogP contribution in [-0.4, -0.2) is 42.1 Å². The molecule has 0 aliphatic carbocycles. The molecule has 1 aromatic carbocycles. The Morgan fingerprint density at radius 1 is 1.11 bits per heavy atom. The van der Waals surface area contributed by atoms with Crippen LogP contribution < -0.4 is 0 Å². The average molecular weight is 373 g/mol. The fourth-order valence-electron chi connectivity index (χ4n) is 3.97. The highest BCUT2D eigenvalue weighted by Gasteiger charge is 2.44. The van der Waals surface area contributed by atoms with Crippen molar-refractivity contribution >= 4 is 11.9 Å². The molecule has 148 valence electrons. The third-order valence-corrected chi connectivity index (χ3v) is 5.51. The molecule has 27 heavy (non-hydrogen) atoms. The molecule has 5 heteroatoms. The van der Waals surface area contributed by atoms with Gasteiger partial charge in [-0.3, -0.25) is 9.69 Å². The van der Waals surface area contributed by atoms with Crippen molar-refractivity contribution in [3.05, 3.63) is 35.9 Å². The van der Waals surface area contributed by atoms with Gasteiger partial charge >= 0.3 is 6.09 Å². The third kappa shape index (κ3) is 5.32. The van der Waals surface area contributed by atoms with Crippen molar-refractivity contribution < 1.29 is 19.1 Å². The number of nitrogens with zero attached hydrogens (tertiary/aromatic N) is 1. The average Bonchev–Trinajstić information content (AvgIpc) is 2.63. The molecule has 2 aliphatic heterocycles. The fraction of sp³-hybridized carbons (Fsp3) is 0.636. The van der Waals surface area contributed by atoms with Gasteiger partial charge in [-0.05, 0) is 30.2 Å². The van der Waals surface area contributed by atoms with E-state index in [9.17, 15) is 9.59 Å². The Kier molecular flexibility index (Phi) is 6.20. The molecule has 2 bridgehead atoms. The predicted molar refractivity (Wildman–Crippen MR) is 103 cm³/mol. The number of carbonyl (C=O) groups is 2. The second kappa shape index (κ2) is 8.42. The topological polar surface area (TPSA) is 55.8 Å². The predicted octanol–water partition coefficient (Wildman–Crippen LogP) is 4.20. The van der Waals surface area contributed by atoms with Gasteiger partial charge in [0.15, 0.2) is 0 Å². The van der Waals surface area contributed by atoms with Crippen molar-refractivity contribution in [1.82, 2.24) is 4.90 Å². The van der Waals surface area contributed by atoms with Gasteiger partial charge in [-0.2, -0.15) is 0 Å². The fourth-order valence-corrected chi connectivity index (χ4v) is 3.97. The number of hydrogen-bond acceptors (Lipinski definition) is 4. The summed E-state index contributed by atoms with van der Waals surface area (Å²) in [5, 5.41) is 0. The summed E-state index contributed by atoms with van der Waals surface area (Å²) < 4.78 is 11.2. The molecule has 2 atom stereocenters. The van der Waals surface area contributed by atoms with Crippen molar-refractivity contribution in [2.24, 2.45) is 11.3 Å². The molecule has 1 amide bonds. The molecule has 3 rings (SSSR count). The van der Waals surface area contributed by atoms with Crippen LogP contribution in [0, 0.1) is 11.3 Å². The van der Waals surface area contributed by atoms with E-state index in [0.29, 0.717) is 38.3 Å². The van der Waals surface area contributed by atoms with Crippen molar-refractivity contribution in [3.8, 4) is 0 Å². The number of rotatable bonds is 5. The number of fused-ring (bicyclic) bond motifs is 2. The van der Waals surface area contributed by atoms with E-state index in [2.05, 4.69) is 20.8 Å². The van der Waals surface area contributed by atoms with E-state index < -0.39 is 0 Å². The van der Waals surface area contributed by atoms with E-state index in [0.717, 1.165) is 12.0 Å². The molecular weight excluding hydrogens is 342 g/mol. The molecule has 2 saturated heterocycles. The largest absolute Gasteiger partial charge is 0.445 e. The highest BCUT2D eigenvalue weighted by atomic mass is 16.6. The maximum Gasteiger partial charge on any atom is 0.410 e. The monoisotopic (exact) mass is 373 g/mol. The lowest BCUT2D eigenvalue weighted by Crippen LogP contribution is -2.59. The minimum atomic E-state index is -0.294. The highest BCUT2D eigenvalue weighted by Crippen LogP contribution is 2.34. The summed E-state index contributed by atoms with van der Waals surface area (Å²) in [7, 11) is 0. The zero-order valence-corrected chi connectivity index (χ0v) is 16.6. The number of benzene rings is 1. The third-order valence-electron chi connectivity index (χ3n) is 5.51. The molecule has 0 spiro atoms. The van der Waals surface area contributed by atoms with E-state index in [1.165, 1.54) is 0 Å². The molecule has 1 aromatic rings. The number of piperidine rings is 1. The Balaban J connectivity index is 1.57. The smallest absolute Gasteiger partial charge is 0.410 e. The summed E-state index contributed by atoms with van der Waals surface area (Å²) in [6, 6.07) is 9.55. The SMILES string of the molecule is CC(C)(C)CCC(=O)C1CC2COCC(C1)N2C(=O)OCc1ccccc1. The Bertz CT molecular complexity index is 638. The van der Waals surface area contributed by atoms with Gasteiger partial charge in [-0.1, -0.05) is 51.1 Å². The number of carbonyl (C=O) groups excluding carboxylic acids is 2. The van der Waals surface area contributed by atoms with E-state index >= 15 is 0 Å².